The van der Waals surface area contributed by atoms with Gasteiger partial charge in [0.15, 0.2) is 0 Å². The van der Waals surface area contributed by atoms with E-state index in [1.165, 1.54) is 12.3 Å². The van der Waals surface area contributed by atoms with E-state index in [-0.39, 0.29) is 5.56 Å². The van der Waals surface area contributed by atoms with Crippen molar-refractivity contribution in [2.24, 2.45) is 5.92 Å². The molecule has 0 bridgehead atoms. The minimum atomic E-state index is -0.962. The molecule has 3 heterocycles. The van der Waals surface area contributed by atoms with E-state index in [9.17, 15) is 9.90 Å². The van der Waals surface area contributed by atoms with Crippen LogP contribution in [0.3, 0.4) is 0 Å². The van der Waals surface area contributed by atoms with Gasteiger partial charge in [-0.2, -0.15) is 5.10 Å². The lowest BCUT2D eigenvalue weighted by atomic mass is 10.0. The summed E-state index contributed by atoms with van der Waals surface area (Å²) in [5, 5.41) is 15.8. The molecule has 4 rings (SSSR count). The molecule has 1 saturated heterocycles. The first-order valence-corrected chi connectivity index (χ1v) is 9.38. The minimum absolute atomic E-state index is 0.249. The van der Waals surface area contributed by atoms with Crippen molar-refractivity contribution in [1.82, 2.24) is 14.8 Å². The standard InChI is InChI=1S/C20H20ClN3O3/c21-15-1-2-19-17(10-15)18(9-14-11-22-6-3-16(14)20(25)26)23-24(19)12-13-4-7-27-8-5-13/h1-3,6,10-11,13H,4-5,7-9,12H2,(H,25,26). The predicted octanol–water partition coefficient (Wildman–Crippen LogP) is 3.80. The van der Waals surface area contributed by atoms with Gasteiger partial charge in [-0.15, -0.1) is 0 Å². The lowest BCUT2D eigenvalue weighted by molar-refractivity contribution is 0.0605. The Bertz CT molecular complexity index is 980. The van der Waals surface area contributed by atoms with Gasteiger partial charge < -0.3 is 9.84 Å². The molecule has 1 aromatic carbocycles. The number of fused-ring (bicyclic) bond motifs is 1. The number of benzene rings is 1. The molecule has 1 N–H and O–H groups in total. The topological polar surface area (TPSA) is 77.2 Å². The highest BCUT2D eigenvalue weighted by Crippen LogP contribution is 2.27. The van der Waals surface area contributed by atoms with Crippen molar-refractivity contribution < 1.29 is 14.6 Å². The van der Waals surface area contributed by atoms with Gasteiger partial charge in [-0.25, -0.2) is 4.79 Å². The van der Waals surface area contributed by atoms with Gasteiger partial charge in [0.1, 0.15) is 0 Å². The van der Waals surface area contributed by atoms with Crippen LogP contribution in [0.25, 0.3) is 10.9 Å². The maximum atomic E-state index is 11.5. The van der Waals surface area contributed by atoms with Gasteiger partial charge in [-0.05, 0) is 48.6 Å². The van der Waals surface area contributed by atoms with Gasteiger partial charge in [0.25, 0.3) is 0 Å². The maximum absolute atomic E-state index is 11.5. The van der Waals surface area contributed by atoms with E-state index in [4.69, 9.17) is 21.4 Å². The predicted molar refractivity (Wildman–Crippen MR) is 102 cm³/mol. The van der Waals surface area contributed by atoms with Crippen LogP contribution >= 0.6 is 11.6 Å². The third kappa shape index (κ3) is 3.82. The molecule has 1 aliphatic heterocycles. The van der Waals surface area contributed by atoms with Crippen LogP contribution in [0.5, 0.6) is 0 Å². The summed E-state index contributed by atoms with van der Waals surface area (Å²) in [6.45, 7) is 2.40. The maximum Gasteiger partial charge on any atom is 0.336 e. The summed E-state index contributed by atoms with van der Waals surface area (Å²) < 4.78 is 7.47. The number of hydrogen-bond donors (Lipinski definition) is 1. The largest absolute Gasteiger partial charge is 0.478 e. The molecule has 0 radical (unpaired) electrons. The Labute approximate surface area is 161 Å². The van der Waals surface area contributed by atoms with Gasteiger partial charge in [0.2, 0.25) is 0 Å². The van der Waals surface area contributed by atoms with Crippen molar-refractivity contribution in [2.75, 3.05) is 13.2 Å². The number of ether oxygens (including phenoxy) is 1. The number of pyridine rings is 1. The second kappa shape index (κ2) is 7.66. The number of halogens is 1. The molecule has 3 aromatic rings. The van der Waals surface area contributed by atoms with Crippen molar-refractivity contribution in [3.05, 3.63) is 58.5 Å². The normalized spacial score (nSPS) is 15.3. The number of carboxylic acid groups (broad SMARTS) is 1. The number of aromatic nitrogens is 3. The van der Waals surface area contributed by atoms with E-state index in [0.717, 1.165) is 49.2 Å². The average molecular weight is 386 g/mol. The van der Waals surface area contributed by atoms with Gasteiger partial charge in [0, 0.05) is 49.0 Å². The molecule has 0 spiro atoms. The van der Waals surface area contributed by atoms with Crippen molar-refractivity contribution in [2.45, 2.75) is 25.8 Å². The molecule has 2 aromatic heterocycles. The van der Waals surface area contributed by atoms with E-state index in [1.54, 1.807) is 6.20 Å². The highest BCUT2D eigenvalue weighted by Gasteiger charge is 2.19. The molecular weight excluding hydrogens is 366 g/mol. The average Bonchev–Trinajstić information content (AvgIpc) is 2.99. The summed E-state index contributed by atoms with van der Waals surface area (Å²) in [5.74, 6) is -0.435. The number of rotatable bonds is 5. The minimum Gasteiger partial charge on any atom is -0.478 e. The van der Waals surface area contributed by atoms with Crippen LogP contribution in [-0.4, -0.2) is 39.1 Å². The molecule has 0 amide bonds. The Hall–Kier alpha value is -2.44. The highest BCUT2D eigenvalue weighted by molar-refractivity contribution is 6.31. The second-order valence-electron chi connectivity index (χ2n) is 6.86. The lowest BCUT2D eigenvalue weighted by Crippen LogP contribution is -2.21. The zero-order valence-corrected chi connectivity index (χ0v) is 15.5. The van der Waals surface area contributed by atoms with Crippen molar-refractivity contribution in [3.63, 3.8) is 0 Å². The molecule has 1 fully saturated rings. The van der Waals surface area contributed by atoms with E-state index < -0.39 is 5.97 Å². The van der Waals surface area contributed by atoms with E-state index in [0.29, 0.717) is 22.9 Å². The monoisotopic (exact) mass is 385 g/mol. The van der Waals surface area contributed by atoms with Gasteiger partial charge in [-0.1, -0.05) is 11.6 Å². The summed E-state index contributed by atoms with van der Waals surface area (Å²) in [4.78, 5) is 15.6. The molecule has 0 unspecified atom stereocenters. The zero-order chi connectivity index (χ0) is 18.8. The van der Waals surface area contributed by atoms with E-state index in [2.05, 4.69) is 4.98 Å². The number of carbonyl (C=O) groups is 1. The van der Waals surface area contributed by atoms with Gasteiger partial charge >= 0.3 is 5.97 Å². The van der Waals surface area contributed by atoms with Crippen LogP contribution in [0.4, 0.5) is 0 Å². The van der Waals surface area contributed by atoms with Crippen LogP contribution in [-0.2, 0) is 17.7 Å². The molecule has 6 nitrogen and oxygen atoms in total. The first-order valence-electron chi connectivity index (χ1n) is 9.00. The SMILES string of the molecule is O=C(O)c1ccncc1Cc1nn(CC2CCOCC2)c2ccc(Cl)cc12. The third-order valence-electron chi connectivity index (χ3n) is 5.05. The number of nitrogens with zero attached hydrogens (tertiary/aromatic N) is 3. The molecule has 1 aliphatic rings. The van der Waals surface area contributed by atoms with Crippen molar-refractivity contribution in [3.8, 4) is 0 Å². The number of carboxylic acids is 1. The van der Waals surface area contributed by atoms with Gasteiger partial charge in [-0.3, -0.25) is 9.67 Å². The summed E-state index contributed by atoms with van der Waals surface area (Å²) in [7, 11) is 0. The lowest BCUT2D eigenvalue weighted by Gasteiger charge is -2.22. The summed E-state index contributed by atoms with van der Waals surface area (Å²) in [6.07, 6.45) is 5.53. The Balaban J connectivity index is 1.72. The second-order valence-corrected chi connectivity index (χ2v) is 7.30. The van der Waals surface area contributed by atoms with Crippen molar-refractivity contribution >= 4 is 28.5 Å². The fraction of sp³-hybridized carbons (Fsp3) is 0.350. The zero-order valence-electron chi connectivity index (χ0n) is 14.8. The van der Waals surface area contributed by atoms with Crippen LogP contribution in [0.1, 0.15) is 34.5 Å². The first kappa shape index (κ1) is 17.9. The molecule has 0 atom stereocenters. The Morgan fingerprint density at radius 1 is 1.30 bits per heavy atom. The smallest absolute Gasteiger partial charge is 0.336 e. The first-order chi connectivity index (χ1) is 13.1. The fourth-order valence-electron chi connectivity index (χ4n) is 3.62. The quantitative estimate of drug-likeness (QED) is 0.722. The molecule has 7 heteroatoms. The summed E-state index contributed by atoms with van der Waals surface area (Å²) >= 11 is 6.22. The Morgan fingerprint density at radius 2 is 2.11 bits per heavy atom. The summed E-state index contributed by atoms with van der Waals surface area (Å²) in [5.41, 5.74) is 2.72. The fourth-order valence-corrected chi connectivity index (χ4v) is 3.79. The Morgan fingerprint density at radius 3 is 2.89 bits per heavy atom. The van der Waals surface area contributed by atoms with Crippen LogP contribution in [0.15, 0.2) is 36.7 Å². The molecule has 140 valence electrons. The van der Waals surface area contributed by atoms with Crippen LogP contribution < -0.4 is 0 Å². The van der Waals surface area contributed by atoms with E-state index in [1.807, 2.05) is 22.9 Å². The number of hydrogen-bond acceptors (Lipinski definition) is 4. The molecular formula is C20H20ClN3O3. The summed E-state index contributed by atoms with van der Waals surface area (Å²) in [6, 6.07) is 7.26. The van der Waals surface area contributed by atoms with Gasteiger partial charge in [0.05, 0.1) is 16.8 Å². The van der Waals surface area contributed by atoms with Crippen molar-refractivity contribution in [1.29, 1.82) is 0 Å². The third-order valence-corrected chi connectivity index (χ3v) is 5.29. The number of aromatic carboxylic acids is 1. The van der Waals surface area contributed by atoms with Crippen LogP contribution in [0.2, 0.25) is 5.02 Å². The molecule has 27 heavy (non-hydrogen) atoms. The van der Waals surface area contributed by atoms with Crippen LogP contribution in [0, 0.1) is 5.92 Å². The Kier molecular flexibility index (Phi) is 5.09. The molecule has 0 aliphatic carbocycles. The van der Waals surface area contributed by atoms with E-state index >= 15 is 0 Å². The highest BCUT2D eigenvalue weighted by atomic mass is 35.5. The molecule has 0 saturated carbocycles.